The smallest absolute Gasteiger partial charge is 0.0251 e. The molecule has 0 saturated carbocycles. The molecule has 8 heavy (non-hydrogen) atoms. The van der Waals surface area contributed by atoms with E-state index in [1.807, 2.05) is 0 Å². The van der Waals surface area contributed by atoms with E-state index in [4.69, 9.17) is 11.6 Å². The van der Waals surface area contributed by atoms with Gasteiger partial charge in [0.15, 0.2) is 0 Å². The zero-order chi connectivity index (χ0) is 6.41. The molecule has 0 aromatic rings. The summed E-state index contributed by atoms with van der Waals surface area (Å²) in [5, 5.41) is 1.74. The van der Waals surface area contributed by atoms with Crippen LogP contribution in [0.3, 0.4) is 0 Å². The van der Waals surface area contributed by atoms with Gasteiger partial charge in [0.25, 0.3) is 0 Å². The maximum Gasteiger partial charge on any atom is 0.0251 e. The lowest BCUT2D eigenvalue weighted by molar-refractivity contribution is 0.292. The van der Waals surface area contributed by atoms with Crippen LogP contribution in [0.15, 0.2) is 0 Å². The molecule has 0 radical (unpaired) electrons. The number of hydrogen-bond acceptors (Lipinski definition) is 3. The molecule has 50 valence electrons. The number of rotatable bonds is 4. The summed E-state index contributed by atoms with van der Waals surface area (Å²) in [5.41, 5.74) is 5.24. The van der Waals surface area contributed by atoms with Gasteiger partial charge in [0.05, 0.1) is 0 Å². The average Bonchev–Trinajstić information content (AvgIpc) is 1.68. The summed E-state index contributed by atoms with van der Waals surface area (Å²) in [6, 6.07) is 0. The molecule has 0 aromatic carbocycles. The number of hydrogen-bond donors (Lipinski definition) is 2. The number of nitrogens with zero attached hydrogens (tertiary/aromatic N) is 1. The van der Waals surface area contributed by atoms with Crippen LogP contribution in [0.5, 0.6) is 0 Å². The van der Waals surface area contributed by atoms with Crippen molar-refractivity contribution in [1.29, 1.82) is 0 Å². The minimum atomic E-state index is 0.649. The van der Waals surface area contributed by atoms with Gasteiger partial charge in [-0.3, -0.25) is 5.84 Å². The van der Waals surface area contributed by atoms with E-state index < -0.39 is 0 Å². The van der Waals surface area contributed by atoms with Gasteiger partial charge < -0.3 is 5.73 Å². The van der Waals surface area contributed by atoms with Gasteiger partial charge in [-0.15, -0.1) is 0 Å². The van der Waals surface area contributed by atoms with Crippen LogP contribution in [0.1, 0.15) is 13.3 Å². The van der Waals surface area contributed by atoms with E-state index in [-0.39, 0.29) is 0 Å². The van der Waals surface area contributed by atoms with Crippen molar-refractivity contribution in [2.24, 2.45) is 11.6 Å². The Hall–Kier alpha value is -0.120. The van der Waals surface area contributed by atoms with Crippen LogP contribution < -0.4 is 11.6 Å². The SMILES string of the molecule is CCCN(N)CCN. The summed E-state index contributed by atoms with van der Waals surface area (Å²) in [6.07, 6.45) is 1.09. The minimum absolute atomic E-state index is 0.649. The molecule has 0 aliphatic heterocycles. The third-order valence-electron chi connectivity index (χ3n) is 0.927. The molecule has 0 fully saturated rings. The molecule has 0 bridgehead atoms. The highest BCUT2D eigenvalue weighted by atomic mass is 15.4. The van der Waals surface area contributed by atoms with E-state index in [0.717, 1.165) is 19.5 Å². The molecule has 0 aliphatic carbocycles. The van der Waals surface area contributed by atoms with Crippen molar-refractivity contribution in [1.82, 2.24) is 5.01 Å². The van der Waals surface area contributed by atoms with Gasteiger partial charge in [0.2, 0.25) is 0 Å². The van der Waals surface area contributed by atoms with Crippen LogP contribution in [-0.2, 0) is 0 Å². The van der Waals surface area contributed by atoms with Crippen LogP contribution in [0, 0.1) is 0 Å². The molecule has 4 N–H and O–H groups in total. The number of nitrogens with two attached hydrogens (primary N) is 2. The van der Waals surface area contributed by atoms with Crippen molar-refractivity contribution < 1.29 is 0 Å². The summed E-state index contributed by atoms with van der Waals surface area (Å²) >= 11 is 0. The van der Waals surface area contributed by atoms with E-state index in [1.165, 1.54) is 0 Å². The fraction of sp³-hybridized carbons (Fsp3) is 1.00. The van der Waals surface area contributed by atoms with Crippen LogP contribution in [0.4, 0.5) is 0 Å². The summed E-state index contributed by atoms with van der Waals surface area (Å²) < 4.78 is 0. The molecular weight excluding hydrogens is 102 g/mol. The van der Waals surface area contributed by atoms with E-state index in [1.54, 1.807) is 5.01 Å². The van der Waals surface area contributed by atoms with Gasteiger partial charge in [-0.05, 0) is 6.42 Å². The Balaban J connectivity index is 2.92. The Labute approximate surface area is 50.6 Å². The second-order valence-corrected chi connectivity index (χ2v) is 1.82. The van der Waals surface area contributed by atoms with Gasteiger partial charge >= 0.3 is 0 Å². The fourth-order valence-corrected chi connectivity index (χ4v) is 0.565. The normalized spacial score (nSPS) is 10.5. The average molecular weight is 117 g/mol. The molecule has 0 unspecified atom stereocenters. The first-order valence-electron chi connectivity index (χ1n) is 3.01. The summed E-state index contributed by atoms with van der Waals surface area (Å²) in [5.74, 6) is 5.45. The highest BCUT2D eigenvalue weighted by molar-refractivity contribution is 4.45. The molecule has 3 heteroatoms. The van der Waals surface area contributed by atoms with E-state index in [0.29, 0.717) is 6.54 Å². The third-order valence-corrected chi connectivity index (χ3v) is 0.927. The van der Waals surface area contributed by atoms with E-state index in [9.17, 15) is 0 Å². The predicted octanol–water partition coefficient (Wildman–Crippen LogP) is -0.469. The summed E-state index contributed by atoms with van der Waals surface area (Å²) in [4.78, 5) is 0. The molecule has 0 spiro atoms. The largest absolute Gasteiger partial charge is 0.329 e. The van der Waals surface area contributed by atoms with Crippen molar-refractivity contribution in [3.63, 3.8) is 0 Å². The Morgan fingerprint density at radius 3 is 2.38 bits per heavy atom. The van der Waals surface area contributed by atoms with Crippen molar-refractivity contribution in [3.05, 3.63) is 0 Å². The standard InChI is InChI=1S/C5H15N3/c1-2-4-8(7)5-3-6/h2-7H2,1H3. The lowest BCUT2D eigenvalue weighted by atomic mass is 10.4. The van der Waals surface area contributed by atoms with Crippen molar-refractivity contribution in [3.8, 4) is 0 Å². The molecule has 0 heterocycles. The molecule has 0 rings (SSSR count). The lowest BCUT2D eigenvalue weighted by Gasteiger charge is -2.12. The van der Waals surface area contributed by atoms with Crippen LogP contribution >= 0.6 is 0 Å². The highest BCUT2D eigenvalue weighted by Gasteiger charge is 1.90. The second kappa shape index (κ2) is 5.03. The quantitative estimate of drug-likeness (QED) is 0.386. The zero-order valence-corrected chi connectivity index (χ0v) is 5.43. The first-order chi connectivity index (χ1) is 3.81. The van der Waals surface area contributed by atoms with Crippen molar-refractivity contribution >= 4 is 0 Å². The topological polar surface area (TPSA) is 55.3 Å². The Bertz CT molecular complexity index is 40.9. The van der Waals surface area contributed by atoms with Crippen molar-refractivity contribution in [2.45, 2.75) is 13.3 Å². The van der Waals surface area contributed by atoms with Gasteiger partial charge in [-0.1, -0.05) is 6.92 Å². The van der Waals surface area contributed by atoms with Crippen LogP contribution in [-0.4, -0.2) is 24.6 Å². The summed E-state index contributed by atoms with van der Waals surface area (Å²) in [6.45, 7) is 4.48. The Morgan fingerprint density at radius 1 is 1.38 bits per heavy atom. The molecule has 0 aromatic heterocycles. The summed E-state index contributed by atoms with van der Waals surface area (Å²) in [7, 11) is 0. The van der Waals surface area contributed by atoms with Gasteiger partial charge in [-0.2, -0.15) is 0 Å². The lowest BCUT2D eigenvalue weighted by Crippen LogP contribution is -2.36. The predicted molar refractivity (Wildman–Crippen MR) is 35.1 cm³/mol. The molecule has 0 amide bonds. The third kappa shape index (κ3) is 4.05. The highest BCUT2D eigenvalue weighted by Crippen LogP contribution is 1.78. The molecule has 3 nitrogen and oxygen atoms in total. The Kier molecular flexibility index (Phi) is 4.95. The fourth-order valence-electron chi connectivity index (χ4n) is 0.565. The molecule has 0 aliphatic rings. The second-order valence-electron chi connectivity index (χ2n) is 1.82. The first kappa shape index (κ1) is 7.88. The van der Waals surface area contributed by atoms with Crippen LogP contribution in [0.2, 0.25) is 0 Å². The van der Waals surface area contributed by atoms with Crippen LogP contribution in [0.25, 0.3) is 0 Å². The minimum Gasteiger partial charge on any atom is -0.329 e. The van der Waals surface area contributed by atoms with Crippen molar-refractivity contribution in [2.75, 3.05) is 19.6 Å². The zero-order valence-electron chi connectivity index (χ0n) is 5.43. The van der Waals surface area contributed by atoms with Gasteiger partial charge in [-0.25, -0.2) is 5.01 Å². The molecular formula is C5H15N3. The van der Waals surface area contributed by atoms with E-state index in [2.05, 4.69) is 6.92 Å². The van der Waals surface area contributed by atoms with Gasteiger partial charge in [0, 0.05) is 19.6 Å². The monoisotopic (exact) mass is 117 g/mol. The number of hydrazine groups is 1. The molecule has 0 atom stereocenters. The van der Waals surface area contributed by atoms with Gasteiger partial charge in [0.1, 0.15) is 0 Å². The Morgan fingerprint density at radius 2 is 2.00 bits per heavy atom. The first-order valence-corrected chi connectivity index (χ1v) is 3.01. The maximum atomic E-state index is 5.45. The molecule has 0 saturated heterocycles. The maximum absolute atomic E-state index is 5.45. The van der Waals surface area contributed by atoms with E-state index >= 15 is 0 Å².